The summed E-state index contributed by atoms with van der Waals surface area (Å²) < 4.78 is 0. The number of nitrogens with one attached hydrogen (secondary N) is 2. The van der Waals surface area contributed by atoms with Crippen LogP contribution in [0, 0.1) is 0 Å². The minimum absolute atomic E-state index is 0.0327. The third-order valence-electron chi connectivity index (χ3n) is 2.02. The summed E-state index contributed by atoms with van der Waals surface area (Å²) >= 11 is 0. The standard InChI is InChI=1S/C11H16N2O/c1-3-9-5-4-6-10(7-9)11(14)13-8-12-2/h4-7,12H,3,8H2,1-2H3,(H,13,14). The molecule has 76 valence electrons. The lowest BCUT2D eigenvalue weighted by atomic mass is 10.1. The Morgan fingerprint density at radius 2 is 2.21 bits per heavy atom. The molecule has 3 heteroatoms. The summed E-state index contributed by atoms with van der Waals surface area (Å²) in [6.45, 7) is 2.57. The SMILES string of the molecule is CCc1cccc(C(=O)NCNC)c1. The molecule has 1 aromatic rings. The van der Waals surface area contributed by atoms with Crippen LogP contribution in [0.4, 0.5) is 0 Å². The van der Waals surface area contributed by atoms with Crippen LogP contribution in [0.1, 0.15) is 22.8 Å². The average Bonchev–Trinajstić information content (AvgIpc) is 2.26. The van der Waals surface area contributed by atoms with Crippen LogP contribution in [0.3, 0.4) is 0 Å². The highest BCUT2D eigenvalue weighted by molar-refractivity contribution is 5.94. The maximum atomic E-state index is 11.5. The summed E-state index contributed by atoms with van der Waals surface area (Å²) in [6, 6.07) is 7.68. The van der Waals surface area contributed by atoms with Crippen LogP contribution in [0.25, 0.3) is 0 Å². The zero-order valence-corrected chi connectivity index (χ0v) is 8.63. The Morgan fingerprint density at radius 3 is 2.86 bits per heavy atom. The Morgan fingerprint density at radius 1 is 1.43 bits per heavy atom. The molecule has 0 aliphatic carbocycles. The minimum Gasteiger partial charge on any atom is -0.339 e. The van der Waals surface area contributed by atoms with Gasteiger partial charge in [-0.15, -0.1) is 0 Å². The van der Waals surface area contributed by atoms with Gasteiger partial charge in [-0.3, -0.25) is 4.79 Å². The maximum absolute atomic E-state index is 11.5. The van der Waals surface area contributed by atoms with Crippen LogP contribution < -0.4 is 10.6 Å². The van der Waals surface area contributed by atoms with Gasteiger partial charge in [0.25, 0.3) is 5.91 Å². The van der Waals surface area contributed by atoms with E-state index in [1.54, 1.807) is 7.05 Å². The number of amides is 1. The first-order chi connectivity index (χ1) is 6.77. The number of rotatable bonds is 4. The van der Waals surface area contributed by atoms with Crippen molar-refractivity contribution in [3.63, 3.8) is 0 Å². The second-order valence-electron chi connectivity index (χ2n) is 3.09. The highest BCUT2D eigenvalue weighted by atomic mass is 16.1. The molecule has 0 bridgehead atoms. The van der Waals surface area contributed by atoms with Gasteiger partial charge in [-0.25, -0.2) is 0 Å². The predicted octanol–water partition coefficient (Wildman–Crippen LogP) is 1.16. The smallest absolute Gasteiger partial charge is 0.252 e. The molecule has 0 heterocycles. The van der Waals surface area contributed by atoms with Gasteiger partial charge >= 0.3 is 0 Å². The third-order valence-corrected chi connectivity index (χ3v) is 2.02. The van der Waals surface area contributed by atoms with Crippen LogP contribution in [0.2, 0.25) is 0 Å². The van der Waals surface area contributed by atoms with Crippen LogP contribution in [0.15, 0.2) is 24.3 Å². The van der Waals surface area contributed by atoms with E-state index in [1.165, 1.54) is 5.56 Å². The van der Waals surface area contributed by atoms with E-state index in [0.717, 1.165) is 12.0 Å². The van der Waals surface area contributed by atoms with Crippen LogP contribution in [0.5, 0.6) is 0 Å². The summed E-state index contributed by atoms with van der Waals surface area (Å²) in [4.78, 5) is 11.5. The molecule has 0 aliphatic rings. The van der Waals surface area contributed by atoms with Crippen molar-refractivity contribution in [2.75, 3.05) is 13.7 Å². The molecule has 1 amide bonds. The molecule has 1 aromatic carbocycles. The highest BCUT2D eigenvalue weighted by Crippen LogP contribution is 2.05. The first-order valence-electron chi connectivity index (χ1n) is 4.79. The lowest BCUT2D eigenvalue weighted by Crippen LogP contribution is -2.31. The second-order valence-corrected chi connectivity index (χ2v) is 3.09. The number of aryl methyl sites for hydroxylation is 1. The molecule has 3 nitrogen and oxygen atoms in total. The summed E-state index contributed by atoms with van der Waals surface area (Å²) in [5.41, 5.74) is 1.90. The molecule has 0 saturated carbocycles. The molecule has 0 radical (unpaired) electrons. The first-order valence-corrected chi connectivity index (χ1v) is 4.79. The van der Waals surface area contributed by atoms with Crippen molar-refractivity contribution in [3.8, 4) is 0 Å². The van der Waals surface area contributed by atoms with Crippen LogP contribution in [-0.4, -0.2) is 19.6 Å². The lowest BCUT2D eigenvalue weighted by molar-refractivity contribution is 0.0951. The normalized spacial score (nSPS) is 9.86. The van der Waals surface area contributed by atoms with Gasteiger partial charge in [0, 0.05) is 5.56 Å². The van der Waals surface area contributed by atoms with E-state index in [-0.39, 0.29) is 5.91 Å². The molecular weight excluding hydrogens is 176 g/mol. The van der Waals surface area contributed by atoms with E-state index in [2.05, 4.69) is 17.6 Å². The zero-order chi connectivity index (χ0) is 10.4. The van der Waals surface area contributed by atoms with Crippen molar-refractivity contribution < 1.29 is 4.79 Å². The van der Waals surface area contributed by atoms with Gasteiger partial charge in [0.2, 0.25) is 0 Å². The molecule has 0 unspecified atom stereocenters. The summed E-state index contributed by atoms with van der Waals surface area (Å²) in [7, 11) is 1.79. The number of hydrogen-bond donors (Lipinski definition) is 2. The van der Waals surface area contributed by atoms with Gasteiger partial charge in [0.15, 0.2) is 0 Å². The number of carbonyl (C=O) groups is 1. The largest absolute Gasteiger partial charge is 0.339 e. The zero-order valence-electron chi connectivity index (χ0n) is 8.63. The Hall–Kier alpha value is -1.35. The summed E-state index contributed by atoms with van der Waals surface area (Å²) in [5, 5.41) is 5.61. The number of carbonyl (C=O) groups excluding carboxylic acids is 1. The van der Waals surface area contributed by atoms with Crippen molar-refractivity contribution in [1.82, 2.24) is 10.6 Å². The van der Waals surface area contributed by atoms with Gasteiger partial charge in [0.05, 0.1) is 6.67 Å². The summed E-state index contributed by atoms with van der Waals surface area (Å²) in [6.07, 6.45) is 0.952. The molecule has 2 N–H and O–H groups in total. The van der Waals surface area contributed by atoms with Crippen molar-refractivity contribution in [3.05, 3.63) is 35.4 Å². The Balaban J connectivity index is 2.69. The monoisotopic (exact) mass is 192 g/mol. The van der Waals surface area contributed by atoms with Gasteiger partial charge in [-0.2, -0.15) is 0 Å². The average molecular weight is 192 g/mol. The molecule has 0 saturated heterocycles. The predicted molar refractivity (Wildman–Crippen MR) is 57.2 cm³/mol. The number of benzene rings is 1. The Kier molecular flexibility index (Phi) is 4.13. The van der Waals surface area contributed by atoms with Crippen molar-refractivity contribution >= 4 is 5.91 Å². The van der Waals surface area contributed by atoms with E-state index in [4.69, 9.17) is 0 Å². The van der Waals surface area contributed by atoms with Gasteiger partial charge < -0.3 is 10.6 Å². The van der Waals surface area contributed by atoms with Gasteiger partial charge in [-0.05, 0) is 31.2 Å². The second kappa shape index (κ2) is 5.40. The molecule has 0 aliphatic heterocycles. The first kappa shape index (κ1) is 10.7. The molecule has 1 rings (SSSR count). The molecule has 14 heavy (non-hydrogen) atoms. The van der Waals surface area contributed by atoms with E-state index in [0.29, 0.717) is 6.67 Å². The van der Waals surface area contributed by atoms with Crippen LogP contribution in [-0.2, 0) is 6.42 Å². The van der Waals surface area contributed by atoms with Gasteiger partial charge in [0.1, 0.15) is 0 Å². The fraction of sp³-hybridized carbons (Fsp3) is 0.364. The molecular formula is C11H16N2O. The van der Waals surface area contributed by atoms with E-state index < -0.39 is 0 Å². The fourth-order valence-electron chi connectivity index (χ4n) is 1.20. The van der Waals surface area contributed by atoms with Crippen molar-refractivity contribution in [1.29, 1.82) is 0 Å². The van der Waals surface area contributed by atoms with Gasteiger partial charge in [-0.1, -0.05) is 19.1 Å². The Labute approximate surface area is 84.5 Å². The quantitative estimate of drug-likeness (QED) is 0.703. The Bertz CT molecular complexity index is 310. The van der Waals surface area contributed by atoms with Crippen molar-refractivity contribution in [2.45, 2.75) is 13.3 Å². The molecule has 0 spiro atoms. The lowest BCUT2D eigenvalue weighted by Gasteiger charge is -2.05. The van der Waals surface area contributed by atoms with E-state index >= 15 is 0 Å². The minimum atomic E-state index is -0.0327. The molecule has 0 fully saturated rings. The van der Waals surface area contributed by atoms with Crippen molar-refractivity contribution in [2.24, 2.45) is 0 Å². The molecule has 0 atom stereocenters. The van der Waals surface area contributed by atoms with Crippen LogP contribution >= 0.6 is 0 Å². The topological polar surface area (TPSA) is 41.1 Å². The molecule has 0 aromatic heterocycles. The number of hydrogen-bond acceptors (Lipinski definition) is 2. The fourth-order valence-corrected chi connectivity index (χ4v) is 1.20. The third kappa shape index (κ3) is 2.85. The van der Waals surface area contributed by atoms with E-state index in [1.807, 2.05) is 24.3 Å². The maximum Gasteiger partial charge on any atom is 0.252 e. The highest BCUT2D eigenvalue weighted by Gasteiger charge is 2.03. The van der Waals surface area contributed by atoms with E-state index in [9.17, 15) is 4.79 Å². The summed E-state index contributed by atoms with van der Waals surface area (Å²) in [5.74, 6) is -0.0327.